The summed E-state index contributed by atoms with van der Waals surface area (Å²) in [5.74, 6) is 0.565. The number of benzene rings is 1. The Labute approximate surface area is 207 Å². The van der Waals surface area contributed by atoms with Gasteiger partial charge in [-0.15, -0.1) is 0 Å². The van der Waals surface area contributed by atoms with Gasteiger partial charge in [-0.3, -0.25) is 4.79 Å². The van der Waals surface area contributed by atoms with Crippen molar-refractivity contribution in [1.29, 1.82) is 0 Å². The highest BCUT2D eigenvalue weighted by molar-refractivity contribution is 6.31. The molecule has 1 aliphatic heterocycles. The molecule has 180 valence electrons. The van der Waals surface area contributed by atoms with Crippen molar-refractivity contribution in [3.05, 3.63) is 71.4 Å². The van der Waals surface area contributed by atoms with E-state index in [0.717, 1.165) is 43.3 Å². The Morgan fingerprint density at radius 2 is 2.09 bits per heavy atom. The van der Waals surface area contributed by atoms with Crippen molar-refractivity contribution in [3.63, 3.8) is 0 Å². The lowest BCUT2D eigenvalue weighted by atomic mass is 9.94. The number of carbonyl (C=O) groups excluding carboxylic acids is 1. The Hall–Kier alpha value is -3.52. The van der Waals surface area contributed by atoms with Crippen LogP contribution in [0, 0.1) is 11.7 Å². The van der Waals surface area contributed by atoms with Crippen molar-refractivity contribution in [3.8, 4) is 11.4 Å². The van der Waals surface area contributed by atoms with Crippen LogP contribution in [0.4, 0.5) is 10.2 Å². The molecule has 1 atom stereocenters. The van der Waals surface area contributed by atoms with Gasteiger partial charge in [-0.25, -0.2) is 19.3 Å². The lowest BCUT2D eigenvalue weighted by Gasteiger charge is -2.33. The first-order valence-electron chi connectivity index (χ1n) is 11.8. The van der Waals surface area contributed by atoms with E-state index in [4.69, 9.17) is 11.6 Å². The number of pyridine rings is 1. The molecule has 4 heterocycles. The van der Waals surface area contributed by atoms with Crippen LogP contribution < -0.4 is 5.32 Å². The van der Waals surface area contributed by atoms with Gasteiger partial charge in [0.25, 0.3) is 0 Å². The van der Waals surface area contributed by atoms with Crippen LogP contribution in [0.2, 0.25) is 5.02 Å². The molecule has 35 heavy (non-hydrogen) atoms. The molecule has 0 spiro atoms. The Morgan fingerprint density at radius 3 is 2.94 bits per heavy atom. The van der Waals surface area contributed by atoms with Gasteiger partial charge in [-0.1, -0.05) is 41.9 Å². The van der Waals surface area contributed by atoms with Crippen molar-refractivity contribution in [2.75, 3.05) is 25.0 Å². The molecular formula is C26H26ClFN6O. The van der Waals surface area contributed by atoms with Gasteiger partial charge < -0.3 is 15.2 Å². The summed E-state index contributed by atoms with van der Waals surface area (Å²) in [4.78, 5) is 30.6. The molecule has 0 saturated carbocycles. The number of hydrogen-bond acceptors (Lipinski definition) is 5. The first-order valence-corrected chi connectivity index (χ1v) is 12.2. The quantitative estimate of drug-likeness (QED) is 0.375. The van der Waals surface area contributed by atoms with Crippen LogP contribution in [0.15, 0.2) is 55.0 Å². The fraction of sp³-hybridized carbons (Fsp3) is 0.308. The maximum absolute atomic E-state index is 14.4. The van der Waals surface area contributed by atoms with Crippen LogP contribution in [0.25, 0.3) is 22.4 Å². The molecule has 1 aromatic carbocycles. The number of aromatic amines is 1. The minimum Gasteiger partial charge on any atom is -0.368 e. The number of fused-ring (bicyclic) bond motifs is 1. The number of halogens is 2. The van der Waals surface area contributed by atoms with Gasteiger partial charge in [0.1, 0.15) is 5.65 Å². The van der Waals surface area contributed by atoms with E-state index in [1.165, 1.54) is 6.20 Å². The highest BCUT2D eigenvalue weighted by Crippen LogP contribution is 2.28. The third-order valence-electron chi connectivity index (χ3n) is 6.40. The molecule has 1 fully saturated rings. The van der Waals surface area contributed by atoms with Gasteiger partial charge in [-0.05, 0) is 36.8 Å². The zero-order valence-electron chi connectivity index (χ0n) is 19.2. The number of nitrogens with zero attached hydrogens (tertiary/aromatic N) is 4. The van der Waals surface area contributed by atoms with Crippen LogP contribution in [0.5, 0.6) is 0 Å². The second kappa shape index (κ2) is 10.4. The van der Waals surface area contributed by atoms with E-state index in [0.29, 0.717) is 40.9 Å². The third kappa shape index (κ3) is 5.43. The van der Waals surface area contributed by atoms with E-state index in [2.05, 4.69) is 25.3 Å². The first kappa shape index (κ1) is 23.2. The van der Waals surface area contributed by atoms with E-state index in [1.54, 1.807) is 18.5 Å². The minimum absolute atomic E-state index is 0.159. The zero-order valence-corrected chi connectivity index (χ0v) is 19.9. The van der Waals surface area contributed by atoms with Crippen molar-refractivity contribution in [1.82, 2.24) is 24.8 Å². The molecule has 2 N–H and O–H groups in total. The summed E-state index contributed by atoms with van der Waals surface area (Å²) in [6, 6.07) is 11.6. The molecule has 0 aliphatic carbocycles. The van der Waals surface area contributed by atoms with Crippen LogP contribution in [0.3, 0.4) is 0 Å². The summed E-state index contributed by atoms with van der Waals surface area (Å²) >= 11 is 6.09. The second-order valence-electron chi connectivity index (χ2n) is 8.87. The Morgan fingerprint density at radius 1 is 1.23 bits per heavy atom. The van der Waals surface area contributed by atoms with E-state index in [9.17, 15) is 9.18 Å². The maximum Gasteiger partial charge on any atom is 0.226 e. The normalized spacial score (nSPS) is 15.9. The smallest absolute Gasteiger partial charge is 0.226 e. The Bertz CT molecular complexity index is 1330. The molecule has 3 aromatic heterocycles. The van der Waals surface area contributed by atoms with Crippen molar-refractivity contribution >= 4 is 34.4 Å². The topological polar surface area (TPSA) is 86.8 Å². The van der Waals surface area contributed by atoms with E-state index in [-0.39, 0.29) is 11.7 Å². The van der Waals surface area contributed by atoms with Gasteiger partial charge in [0, 0.05) is 43.0 Å². The van der Waals surface area contributed by atoms with Gasteiger partial charge >= 0.3 is 0 Å². The molecule has 1 aliphatic rings. The highest BCUT2D eigenvalue weighted by Gasteiger charge is 2.23. The fourth-order valence-corrected chi connectivity index (χ4v) is 4.75. The lowest BCUT2D eigenvalue weighted by Crippen LogP contribution is -2.41. The van der Waals surface area contributed by atoms with E-state index >= 15 is 0 Å². The van der Waals surface area contributed by atoms with Crippen LogP contribution in [0.1, 0.15) is 24.8 Å². The molecule has 9 heteroatoms. The van der Waals surface area contributed by atoms with E-state index in [1.807, 2.05) is 35.2 Å². The average Bonchev–Trinajstić information content (AvgIpc) is 3.29. The number of likely N-dealkylation sites (tertiary alicyclic amines) is 1. The number of hydrogen-bond donors (Lipinski definition) is 2. The number of rotatable bonds is 7. The molecule has 1 saturated heterocycles. The molecule has 5 rings (SSSR count). The predicted molar refractivity (Wildman–Crippen MR) is 135 cm³/mol. The summed E-state index contributed by atoms with van der Waals surface area (Å²) in [5.41, 5.74) is 2.40. The SMILES string of the molecule is O=C(Cc1ccccc1)N1CCCC(CCNc2nc(-c3c[nH]c4ncc(Cl)cc34)ncc2F)C1. The number of piperidine rings is 1. The summed E-state index contributed by atoms with van der Waals surface area (Å²) < 4.78 is 14.4. The van der Waals surface area contributed by atoms with Crippen molar-refractivity contribution in [2.24, 2.45) is 5.92 Å². The number of nitrogens with one attached hydrogen (secondary N) is 2. The summed E-state index contributed by atoms with van der Waals surface area (Å²) in [7, 11) is 0. The standard InChI is InChI=1S/C26H26ClFN6O/c27-19-12-20-21(14-31-24(20)30-13-19)25-32-15-22(28)26(33-25)29-9-8-18-7-4-10-34(16-18)23(35)11-17-5-2-1-3-6-17/h1-3,5-6,12-15,18H,4,7-11,16H2,(H,30,31)(H,29,32,33). The number of aromatic nitrogens is 4. The fourth-order valence-electron chi connectivity index (χ4n) is 4.59. The maximum atomic E-state index is 14.4. The van der Waals surface area contributed by atoms with E-state index < -0.39 is 5.82 Å². The number of H-pyrrole nitrogens is 1. The molecule has 4 aromatic rings. The molecule has 0 bridgehead atoms. The monoisotopic (exact) mass is 492 g/mol. The molecule has 1 unspecified atom stereocenters. The van der Waals surface area contributed by atoms with Crippen molar-refractivity contribution in [2.45, 2.75) is 25.7 Å². The lowest BCUT2D eigenvalue weighted by molar-refractivity contribution is -0.132. The van der Waals surface area contributed by atoms with Gasteiger partial charge in [0.05, 0.1) is 17.6 Å². The summed E-state index contributed by atoms with van der Waals surface area (Å²) in [6.45, 7) is 2.08. The molecule has 0 radical (unpaired) electrons. The number of anilines is 1. The molecular weight excluding hydrogens is 467 g/mol. The van der Waals surface area contributed by atoms with Crippen LogP contribution in [-0.2, 0) is 11.2 Å². The summed E-state index contributed by atoms with van der Waals surface area (Å²) in [5, 5.41) is 4.40. The number of amides is 1. The molecule has 1 amide bonds. The Balaban J connectivity index is 1.20. The first-order chi connectivity index (χ1) is 17.1. The van der Waals surface area contributed by atoms with Crippen LogP contribution in [-0.4, -0.2) is 50.4 Å². The summed E-state index contributed by atoms with van der Waals surface area (Å²) in [6.07, 6.45) is 7.76. The highest BCUT2D eigenvalue weighted by atomic mass is 35.5. The molecule has 7 nitrogen and oxygen atoms in total. The van der Waals surface area contributed by atoms with Crippen LogP contribution >= 0.6 is 11.6 Å². The second-order valence-corrected chi connectivity index (χ2v) is 9.30. The Kier molecular flexibility index (Phi) is 6.90. The predicted octanol–water partition coefficient (Wildman–Crippen LogP) is 5.10. The average molecular weight is 493 g/mol. The third-order valence-corrected chi connectivity index (χ3v) is 6.60. The minimum atomic E-state index is -0.506. The van der Waals surface area contributed by atoms with Gasteiger partial charge in [0.15, 0.2) is 17.5 Å². The number of carbonyl (C=O) groups is 1. The van der Waals surface area contributed by atoms with Crippen molar-refractivity contribution < 1.29 is 9.18 Å². The largest absolute Gasteiger partial charge is 0.368 e. The van der Waals surface area contributed by atoms with Gasteiger partial charge in [-0.2, -0.15) is 0 Å². The zero-order chi connectivity index (χ0) is 24.2. The van der Waals surface area contributed by atoms with Gasteiger partial charge in [0.2, 0.25) is 5.91 Å².